The van der Waals surface area contributed by atoms with Gasteiger partial charge in [0.2, 0.25) is 0 Å². The Kier molecular flexibility index (Phi) is 4.14. The normalized spacial score (nSPS) is 15.8. The summed E-state index contributed by atoms with van der Waals surface area (Å²) in [5.41, 5.74) is -0.880. The van der Waals surface area contributed by atoms with Gasteiger partial charge in [0.25, 0.3) is 0 Å². The van der Waals surface area contributed by atoms with E-state index in [-0.39, 0.29) is 0 Å². The Hall–Kier alpha value is -0.480. The van der Waals surface area contributed by atoms with Gasteiger partial charge in [0, 0.05) is 0 Å². The standard InChI is InChI=1S/C9H16O/c1-4-6-7-8-9(3,10)5-2/h2,10H,4,6-8H2,1,3H3/t9-/m1/s1. The van der Waals surface area contributed by atoms with E-state index in [0.29, 0.717) is 0 Å². The third kappa shape index (κ3) is 4.40. The molecule has 1 atom stereocenters. The third-order valence-electron chi connectivity index (χ3n) is 1.58. The van der Waals surface area contributed by atoms with Crippen LogP contribution in [0.2, 0.25) is 0 Å². The van der Waals surface area contributed by atoms with Gasteiger partial charge in [-0.1, -0.05) is 25.7 Å². The number of aliphatic hydroxyl groups is 1. The molecular weight excluding hydrogens is 124 g/mol. The molecule has 0 aliphatic rings. The van der Waals surface area contributed by atoms with Gasteiger partial charge in [-0.05, 0) is 19.8 Å². The van der Waals surface area contributed by atoms with E-state index in [2.05, 4.69) is 12.8 Å². The molecular formula is C9H16O. The predicted molar refractivity (Wildman–Crippen MR) is 43.6 cm³/mol. The molecule has 0 saturated heterocycles. The summed E-state index contributed by atoms with van der Waals surface area (Å²) in [6, 6.07) is 0. The van der Waals surface area contributed by atoms with Crippen molar-refractivity contribution in [3.8, 4) is 12.3 Å². The molecule has 0 unspecified atom stereocenters. The summed E-state index contributed by atoms with van der Waals surface area (Å²) < 4.78 is 0. The molecule has 0 bridgehead atoms. The van der Waals surface area contributed by atoms with Crippen LogP contribution in [0.3, 0.4) is 0 Å². The fourth-order valence-corrected chi connectivity index (χ4v) is 0.791. The highest BCUT2D eigenvalue weighted by atomic mass is 16.3. The SMILES string of the molecule is C#C[C@@](C)(O)CCCCC. The Morgan fingerprint density at radius 3 is 2.50 bits per heavy atom. The van der Waals surface area contributed by atoms with Crippen molar-refractivity contribution >= 4 is 0 Å². The minimum atomic E-state index is -0.880. The first-order valence-corrected chi connectivity index (χ1v) is 3.82. The van der Waals surface area contributed by atoms with Crippen molar-refractivity contribution in [3.05, 3.63) is 0 Å². The molecule has 0 radical (unpaired) electrons. The average molecular weight is 140 g/mol. The van der Waals surface area contributed by atoms with Gasteiger partial charge in [0.15, 0.2) is 0 Å². The maximum Gasteiger partial charge on any atom is 0.122 e. The molecule has 10 heavy (non-hydrogen) atoms. The maximum atomic E-state index is 9.31. The van der Waals surface area contributed by atoms with Gasteiger partial charge in [-0.25, -0.2) is 0 Å². The quantitative estimate of drug-likeness (QED) is 0.467. The molecule has 1 N–H and O–H groups in total. The highest BCUT2D eigenvalue weighted by Crippen LogP contribution is 2.12. The zero-order valence-electron chi connectivity index (χ0n) is 6.85. The summed E-state index contributed by atoms with van der Waals surface area (Å²) in [4.78, 5) is 0. The van der Waals surface area contributed by atoms with Crippen molar-refractivity contribution in [1.82, 2.24) is 0 Å². The maximum absolute atomic E-state index is 9.31. The van der Waals surface area contributed by atoms with Crippen LogP contribution < -0.4 is 0 Å². The molecule has 58 valence electrons. The zero-order valence-corrected chi connectivity index (χ0v) is 6.85. The van der Waals surface area contributed by atoms with Gasteiger partial charge in [-0.2, -0.15) is 0 Å². The molecule has 0 rings (SSSR count). The minimum absolute atomic E-state index is 0.720. The van der Waals surface area contributed by atoms with Crippen LogP contribution in [0.1, 0.15) is 39.5 Å². The first kappa shape index (κ1) is 9.52. The van der Waals surface area contributed by atoms with Crippen molar-refractivity contribution in [3.63, 3.8) is 0 Å². The van der Waals surface area contributed by atoms with Gasteiger partial charge < -0.3 is 5.11 Å². The van der Waals surface area contributed by atoms with Crippen LogP contribution in [-0.2, 0) is 0 Å². The lowest BCUT2D eigenvalue weighted by atomic mass is 10.00. The van der Waals surface area contributed by atoms with Gasteiger partial charge in [0.1, 0.15) is 5.60 Å². The van der Waals surface area contributed by atoms with Crippen LogP contribution in [0.15, 0.2) is 0 Å². The molecule has 0 aliphatic heterocycles. The van der Waals surface area contributed by atoms with E-state index in [1.54, 1.807) is 6.92 Å². The van der Waals surface area contributed by atoms with Gasteiger partial charge in [-0.15, -0.1) is 6.42 Å². The van der Waals surface area contributed by atoms with E-state index >= 15 is 0 Å². The largest absolute Gasteiger partial charge is 0.378 e. The summed E-state index contributed by atoms with van der Waals surface area (Å²) >= 11 is 0. The van der Waals surface area contributed by atoms with Crippen LogP contribution >= 0.6 is 0 Å². The molecule has 1 nitrogen and oxygen atoms in total. The lowest BCUT2D eigenvalue weighted by Gasteiger charge is -2.14. The van der Waals surface area contributed by atoms with Crippen molar-refractivity contribution in [1.29, 1.82) is 0 Å². The lowest BCUT2D eigenvalue weighted by Crippen LogP contribution is -2.20. The van der Waals surface area contributed by atoms with Crippen LogP contribution in [0, 0.1) is 12.3 Å². The summed E-state index contributed by atoms with van der Waals surface area (Å²) in [6.07, 6.45) is 9.15. The van der Waals surface area contributed by atoms with Crippen molar-refractivity contribution in [2.24, 2.45) is 0 Å². The van der Waals surface area contributed by atoms with Gasteiger partial charge >= 0.3 is 0 Å². The van der Waals surface area contributed by atoms with Crippen LogP contribution in [-0.4, -0.2) is 10.7 Å². The third-order valence-corrected chi connectivity index (χ3v) is 1.58. The molecule has 0 aromatic heterocycles. The number of terminal acetylenes is 1. The summed E-state index contributed by atoms with van der Waals surface area (Å²) in [6.45, 7) is 3.81. The Morgan fingerprint density at radius 1 is 1.50 bits per heavy atom. The molecule has 0 aromatic rings. The van der Waals surface area contributed by atoms with Gasteiger partial charge in [0.05, 0.1) is 0 Å². The van der Waals surface area contributed by atoms with Crippen molar-refractivity contribution in [2.45, 2.75) is 45.1 Å². The lowest BCUT2D eigenvalue weighted by molar-refractivity contribution is 0.109. The highest BCUT2D eigenvalue weighted by Gasteiger charge is 2.14. The predicted octanol–water partition coefficient (Wildman–Crippen LogP) is 1.95. The average Bonchev–Trinajstić information content (AvgIpc) is 1.89. The van der Waals surface area contributed by atoms with E-state index in [0.717, 1.165) is 19.3 Å². The second-order valence-electron chi connectivity index (χ2n) is 2.88. The fourth-order valence-electron chi connectivity index (χ4n) is 0.791. The Morgan fingerprint density at radius 2 is 2.10 bits per heavy atom. The van der Waals surface area contributed by atoms with Crippen LogP contribution in [0.5, 0.6) is 0 Å². The Labute approximate surface area is 63.5 Å². The molecule has 0 fully saturated rings. The second-order valence-corrected chi connectivity index (χ2v) is 2.88. The fraction of sp³-hybridized carbons (Fsp3) is 0.778. The molecule has 0 saturated carbocycles. The monoisotopic (exact) mass is 140 g/mol. The molecule has 0 amide bonds. The summed E-state index contributed by atoms with van der Waals surface area (Å²) in [7, 11) is 0. The topological polar surface area (TPSA) is 20.2 Å². The molecule has 0 heterocycles. The van der Waals surface area contributed by atoms with Crippen molar-refractivity contribution in [2.75, 3.05) is 0 Å². The van der Waals surface area contributed by atoms with E-state index in [4.69, 9.17) is 6.42 Å². The minimum Gasteiger partial charge on any atom is -0.378 e. The van der Waals surface area contributed by atoms with Crippen LogP contribution in [0.25, 0.3) is 0 Å². The summed E-state index contributed by atoms with van der Waals surface area (Å²) in [5.74, 6) is 2.36. The highest BCUT2D eigenvalue weighted by molar-refractivity contribution is 5.03. The second kappa shape index (κ2) is 4.35. The number of hydrogen-bond donors (Lipinski definition) is 1. The first-order chi connectivity index (χ1) is 4.62. The Bertz CT molecular complexity index is 119. The smallest absolute Gasteiger partial charge is 0.122 e. The Balaban J connectivity index is 3.40. The van der Waals surface area contributed by atoms with Crippen molar-refractivity contribution < 1.29 is 5.11 Å². The number of hydrogen-bond acceptors (Lipinski definition) is 1. The van der Waals surface area contributed by atoms with Gasteiger partial charge in [-0.3, -0.25) is 0 Å². The van der Waals surface area contributed by atoms with E-state index in [9.17, 15) is 5.11 Å². The first-order valence-electron chi connectivity index (χ1n) is 3.82. The van der Waals surface area contributed by atoms with E-state index in [1.807, 2.05) is 0 Å². The molecule has 1 heteroatoms. The number of unbranched alkanes of at least 4 members (excludes halogenated alkanes) is 2. The molecule has 0 aliphatic carbocycles. The van der Waals surface area contributed by atoms with E-state index < -0.39 is 5.60 Å². The number of rotatable bonds is 4. The van der Waals surface area contributed by atoms with E-state index in [1.165, 1.54) is 6.42 Å². The molecule has 0 aromatic carbocycles. The zero-order chi connectivity index (χ0) is 8.04. The molecule has 0 spiro atoms. The van der Waals surface area contributed by atoms with Crippen LogP contribution in [0.4, 0.5) is 0 Å². The summed E-state index contributed by atoms with van der Waals surface area (Å²) in [5, 5.41) is 9.31.